The van der Waals surface area contributed by atoms with E-state index in [9.17, 15) is 24.0 Å². The van der Waals surface area contributed by atoms with Crippen LogP contribution in [0.5, 0.6) is 0 Å². The lowest BCUT2D eigenvalue weighted by atomic mass is 9.90. The number of carbonyl (C=O) groups is 3. The first-order valence-electron chi connectivity index (χ1n) is 33.7. The molecule has 0 saturated carbocycles. The predicted octanol–water partition coefficient (Wildman–Crippen LogP) is 15.8. The summed E-state index contributed by atoms with van der Waals surface area (Å²) in [6, 6.07) is 18.7. The van der Waals surface area contributed by atoms with Crippen LogP contribution in [0.4, 0.5) is 46.5 Å². The molecule has 0 aliphatic carbocycles. The Morgan fingerprint density at radius 2 is 0.949 bits per heavy atom. The Morgan fingerprint density at radius 3 is 1.32 bits per heavy atom. The number of hydrogen-bond acceptors (Lipinski definition) is 19. The summed E-state index contributed by atoms with van der Waals surface area (Å²) in [5.41, 5.74) is 8.78. The van der Waals surface area contributed by atoms with Crippen molar-refractivity contribution in [2.75, 3.05) is 75.5 Å². The summed E-state index contributed by atoms with van der Waals surface area (Å²) < 4.78 is 45.9. The minimum Gasteiger partial charge on any atom is -0.444 e. The van der Waals surface area contributed by atoms with E-state index in [0.29, 0.717) is 65.2 Å². The smallest absolute Gasteiger partial charge is 0.410 e. The molecule has 1 aromatic carbocycles. The van der Waals surface area contributed by atoms with E-state index in [1.54, 1.807) is 4.90 Å². The highest BCUT2D eigenvalue weighted by atomic mass is 79.9. The number of fused-ring (bicyclic) bond motifs is 3. The van der Waals surface area contributed by atoms with Crippen molar-refractivity contribution in [2.24, 2.45) is 0 Å². The third-order valence-electron chi connectivity index (χ3n) is 17.5. The molecule has 0 unspecified atom stereocenters. The number of aryl methyl sites for hydroxylation is 3. The van der Waals surface area contributed by atoms with Crippen molar-refractivity contribution in [2.45, 2.75) is 175 Å². The Bertz CT molecular complexity index is 4340. The zero-order valence-corrected chi connectivity index (χ0v) is 62.2. The standard InChI is InChI=1S/C29H32FN7O2S.C22H29BrN6O2S.C20H30N4O2/c1-6-23-26(35(5)27-33-25(34-40-27)22-9-8-21(30)15-20(22)16-31)37-17-19(7-10-24(37)32-23)18-11-13-36(14-12-18)28(38)39-29(2,3)4;1-6-16-18(27(5)20-25-19(23)26-32-20)29-13-15(7-8-17(29)24-16)14-9-11-28(12-10-14)21(30)31-22(2,3)4;1-6-16-18(21-5)24-13-15(7-8-17(24)22-16)14-9-11-23(12-10-14)19(25)26-20(2,3)4/h7-10,15,17-18H,6,11-14H2,1-5H3;7-8,13-14H,6,9-12H2,1-5H3;7-8,13-14,21H,6,9-12H2,1-5H3. The van der Waals surface area contributed by atoms with Crippen LogP contribution in [0.15, 0.2) is 77.9 Å². The van der Waals surface area contributed by atoms with Crippen LogP contribution in [0.25, 0.3) is 28.3 Å². The van der Waals surface area contributed by atoms with Gasteiger partial charge in [0.15, 0.2) is 5.82 Å². The number of anilines is 5. The molecule has 0 atom stereocenters. The molecule has 12 rings (SSSR count). The van der Waals surface area contributed by atoms with Gasteiger partial charge in [-0.3, -0.25) is 13.2 Å². The second-order valence-corrected chi connectivity index (χ2v) is 30.1. The van der Waals surface area contributed by atoms with Gasteiger partial charge in [0.2, 0.25) is 15.0 Å². The van der Waals surface area contributed by atoms with E-state index in [-0.39, 0.29) is 23.8 Å². The lowest BCUT2D eigenvalue weighted by Crippen LogP contribution is -2.41. The van der Waals surface area contributed by atoms with Crippen LogP contribution in [0.1, 0.15) is 179 Å². The number of carbonyl (C=O) groups excluding carboxylic acids is 3. The van der Waals surface area contributed by atoms with Crippen LogP contribution < -0.4 is 15.1 Å². The van der Waals surface area contributed by atoms with Crippen molar-refractivity contribution in [3.05, 3.63) is 123 Å². The van der Waals surface area contributed by atoms with Gasteiger partial charge in [0.25, 0.3) is 0 Å². The molecule has 0 bridgehead atoms. The second-order valence-electron chi connectivity index (χ2n) is 27.9. The van der Waals surface area contributed by atoms with E-state index < -0.39 is 22.6 Å². The number of likely N-dealkylation sites (tertiary alicyclic amines) is 3. The van der Waals surface area contributed by atoms with Gasteiger partial charge in [-0.05, 0) is 207 Å². The fraction of sp³-hybridized carbons (Fsp3) is 0.507. The van der Waals surface area contributed by atoms with Gasteiger partial charge in [0, 0.05) is 108 Å². The highest BCUT2D eigenvalue weighted by Gasteiger charge is 2.33. The van der Waals surface area contributed by atoms with Crippen LogP contribution in [0, 0.1) is 17.1 Å². The SMILES string of the molecule is CCc1nc2ccc(C3CCN(C(=O)OC(C)(C)C)CC3)cn2c1N(C)c1nc(-c2ccc(F)cc2C#N)ns1.CCc1nc2ccc(C3CCN(C(=O)OC(C)(C)C)CC3)cn2c1N(C)c1nc(Br)ns1.CCc1nc2ccc(C3CCN(C(=O)OC(C)(C)C)CC3)cn2c1NC. The largest absolute Gasteiger partial charge is 0.444 e. The van der Waals surface area contributed by atoms with Crippen molar-refractivity contribution in [1.29, 1.82) is 5.26 Å². The van der Waals surface area contributed by atoms with Gasteiger partial charge in [-0.15, -0.1) is 0 Å². The average molecular weight is 1440 g/mol. The highest BCUT2D eigenvalue weighted by Crippen LogP contribution is 2.38. The van der Waals surface area contributed by atoms with Gasteiger partial charge < -0.3 is 44.0 Å². The Morgan fingerprint density at radius 1 is 0.571 bits per heavy atom. The summed E-state index contributed by atoms with van der Waals surface area (Å²) in [6.07, 6.45) is 13.7. The fourth-order valence-electron chi connectivity index (χ4n) is 12.7. The first-order valence-corrected chi connectivity index (χ1v) is 36.0. The molecule has 3 aliphatic rings. The summed E-state index contributed by atoms with van der Waals surface area (Å²) in [5.74, 6) is 4.03. The van der Waals surface area contributed by atoms with Crippen LogP contribution >= 0.6 is 39.0 Å². The molecule has 98 heavy (non-hydrogen) atoms. The number of pyridine rings is 3. The van der Waals surface area contributed by atoms with E-state index in [1.807, 2.05) is 110 Å². The highest BCUT2D eigenvalue weighted by molar-refractivity contribution is 9.10. The van der Waals surface area contributed by atoms with Crippen molar-refractivity contribution in [3.8, 4) is 17.5 Å². The number of aromatic nitrogens is 10. The zero-order valence-electron chi connectivity index (χ0n) is 58.9. The third kappa shape index (κ3) is 17.0. The van der Waals surface area contributed by atoms with Gasteiger partial charge >= 0.3 is 18.3 Å². The fourth-order valence-corrected chi connectivity index (χ4v) is 14.4. The Balaban J connectivity index is 0.000000163. The number of imidazole rings is 3. The van der Waals surface area contributed by atoms with Gasteiger partial charge in [-0.2, -0.15) is 24.0 Å². The number of nitriles is 1. The molecule has 0 spiro atoms. The number of benzene rings is 1. The summed E-state index contributed by atoms with van der Waals surface area (Å²) in [6.45, 7) is 27.5. The van der Waals surface area contributed by atoms with E-state index in [2.05, 4.69) is 133 Å². The van der Waals surface area contributed by atoms with E-state index in [0.717, 1.165) is 127 Å². The molecule has 9 aromatic rings. The Labute approximate surface area is 589 Å². The number of hydrogen-bond donors (Lipinski definition) is 1. The van der Waals surface area contributed by atoms with Crippen molar-refractivity contribution >= 4 is 102 Å². The summed E-state index contributed by atoms with van der Waals surface area (Å²) in [5, 5.41) is 14.2. The molecule has 27 heteroatoms. The Kier molecular flexibility index (Phi) is 22.4. The molecule has 3 saturated heterocycles. The van der Waals surface area contributed by atoms with Crippen molar-refractivity contribution < 1.29 is 33.0 Å². The van der Waals surface area contributed by atoms with Gasteiger partial charge in [-0.1, -0.05) is 39.0 Å². The monoisotopic (exact) mass is 1440 g/mol. The van der Waals surface area contributed by atoms with Gasteiger partial charge in [0.05, 0.1) is 28.7 Å². The minimum atomic E-state index is -0.509. The van der Waals surface area contributed by atoms with Crippen LogP contribution in [0.2, 0.25) is 0 Å². The predicted molar refractivity (Wildman–Crippen MR) is 386 cm³/mol. The lowest BCUT2D eigenvalue weighted by molar-refractivity contribution is 0.0194. The number of nitrogens with one attached hydrogen (secondary N) is 1. The maximum absolute atomic E-state index is 13.7. The molecular formula is C71H91BrFN17O6S2. The van der Waals surface area contributed by atoms with Crippen molar-refractivity contribution in [3.63, 3.8) is 0 Å². The first-order chi connectivity index (χ1) is 46.6. The number of amides is 3. The average Bonchev–Trinajstić information content (AvgIpc) is 1.62. The molecule has 23 nitrogen and oxygen atoms in total. The lowest BCUT2D eigenvalue weighted by Gasteiger charge is -2.33. The van der Waals surface area contributed by atoms with Gasteiger partial charge in [-0.25, -0.2) is 33.7 Å². The molecule has 3 aliphatic heterocycles. The molecule has 8 aromatic heterocycles. The molecule has 1 N–H and O–H groups in total. The topological polar surface area (TPSA) is 234 Å². The number of nitrogens with zero attached hydrogens (tertiary/aromatic N) is 16. The second kappa shape index (κ2) is 30.3. The maximum atomic E-state index is 13.7. The van der Waals surface area contributed by atoms with Crippen LogP contribution in [0.3, 0.4) is 0 Å². The third-order valence-corrected chi connectivity index (χ3v) is 19.7. The molecule has 3 fully saturated rings. The normalized spacial score (nSPS) is 15.2. The molecule has 11 heterocycles. The quantitative estimate of drug-likeness (QED) is 0.112. The molecular weight excluding hydrogens is 1350 g/mol. The molecule has 0 radical (unpaired) electrons. The van der Waals surface area contributed by atoms with E-state index >= 15 is 0 Å². The summed E-state index contributed by atoms with van der Waals surface area (Å²) >= 11 is 5.91. The summed E-state index contributed by atoms with van der Waals surface area (Å²) in [4.78, 5) is 70.1. The number of ether oxygens (including phenoxy) is 3. The summed E-state index contributed by atoms with van der Waals surface area (Å²) in [7, 11) is 5.87. The van der Waals surface area contributed by atoms with Crippen LogP contribution in [-0.4, -0.2) is 157 Å². The molecule has 522 valence electrons. The van der Waals surface area contributed by atoms with E-state index in [4.69, 9.17) is 24.2 Å². The van der Waals surface area contributed by atoms with Crippen molar-refractivity contribution in [1.82, 2.24) is 61.6 Å². The Hall–Kier alpha value is -8.48. The maximum Gasteiger partial charge on any atom is 0.410 e. The van der Waals surface area contributed by atoms with Crippen LogP contribution in [-0.2, 0) is 33.5 Å². The molecule has 3 amide bonds. The number of rotatable bonds is 12. The van der Waals surface area contributed by atoms with Gasteiger partial charge in [0.1, 0.15) is 57.0 Å². The number of halogens is 2. The zero-order chi connectivity index (χ0) is 70.5. The van der Waals surface area contributed by atoms with E-state index in [1.165, 1.54) is 58.0 Å². The first kappa shape index (κ1) is 72.3. The minimum absolute atomic E-state index is 0.193. The number of piperidine rings is 3.